The van der Waals surface area contributed by atoms with E-state index in [1.807, 2.05) is 0 Å². The van der Waals surface area contributed by atoms with Crippen molar-refractivity contribution in [1.82, 2.24) is 0 Å². The van der Waals surface area contributed by atoms with E-state index in [0.29, 0.717) is 10.2 Å². The lowest BCUT2D eigenvalue weighted by Crippen LogP contribution is -2.14. The summed E-state index contributed by atoms with van der Waals surface area (Å²) in [5.41, 5.74) is 0.196. The van der Waals surface area contributed by atoms with Crippen molar-refractivity contribution in [2.75, 3.05) is 5.32 Å². The summed E-state index contributed by atoms with van der Waals surface area (Å²) >= 11 is 3.10. The first kappa shape index (κ1) is 15.4. The highest BCUT2D eigenvalue weighted by Gasteiger charge is 2.15. The fourth-order valence-electron chi connectivity index (χ4n) is 1.63. The van der Waals surface area contributed by atoms with Gasteiger partial charge in [-0.3, -0.25) is 4.79 Å². The Morgan fingerprint density at radius 1 is 1.14 bits per heavy atom. The van der Waals surface area contributed by atoms with Crippen LogP contribution in [-0.4, -0.2) is 12.5 Å². The highest BCUT2D eigenvalue weighted by Crippen LogP contribution is 2.22. The molecular weight excluding hydrogens is 351 g/mol. The Hall–Kier alpha value is -2.02. The van der Waals surface area contributed by atoms with Gasteiger partial charge in [0.1, 0.15) is 11.6 Å². The third-order valence-electron chi connectivity index (χ3n) is 2.53. The maximum atomic E-state index is 13.6. The van der Waals surface area contributed by atoms with E-state index in [-0.39, 0.29) is 11.3 Å². The summed E-state index contributed by atoms with van der Waals surface area (Å²) in [5.74, 6) is -1.35. The molecule has 0 saturated carbocycles. The normalized spacial score (nSPS) is 10.5. The van der Waals surface area contributed by atoms with Gasteiger partial charge < -0.3 is 10.1 Å². The Balaban J connectivity index is 2.13. The smallest absolute Gasteiger partial charge is 0.387 e. The highest BCUT2D eigenvalue weighted by molar-refractivity contribution is 9.10. The van der Waals surface area contributed by atoms with Crippen LogP contribution >= 0.6 is 15.9 Å². The zero-order chi connectivity index (χ0) is 15.4. The summed E-state index contributed by atoms with van der Waals surface area (Å²) in [6.45, 7) is -2.92. The Labute approximate surface area is 126 Å². The number of carbonyl (C=O) groups is 1. The Morgan fingerprint density at radius 3 is 2.38 bits per heavy atom. The Morgan fingerprint density at radius 2 is 1.81 bits per heavy atom. The van der Waals surface area contributed by atoms with Crippen molar-refractivity contribution in [1.29, 1.82) is 0 Å². The predicted molar refractivity (Wildman–Crippen MR) is 75.1 cm³/mol. The van der Waals surface area contributed by atoms with Crippen molar-refractivity contribution in [3.8, 4) is 5.75 Å². The number of halogens is 4. The summed E-state index contributed by atoms with van der Waals surface area (Å²) in [4.78, 5) is 12.0. The third kappa shape index (κ3) is 3.98. The maximum Gasteiger partial charge on any atom is 0.387 e. The van der Waals surface area contributed by atoms with Crippen molar-refractivity contribution in [3.05, 3.63) is 58.3 Å². The highest BCUT2D eigenvalue weighted by atomic mass is 79.9. The van der Waals surface area contributed by atoms with Crippen LogP contribution in [0.25, 0.3) is 0 Å². The molecule has 1 N–H and O–H groups in total. The molecule has 0 atom stereocenters. The lowest BCUT2D eigenvalue weighted by Gasteiger charge is -2.09. The van der Waals surface area contributed by atoms with E-state index in [2.05, 4.69) is 26.0 Å². The molecule has 1 amide bonds. The quantitative estimate of drug-likeness (QED) is 0.876. The fraction of sp³-hybridized carbons (Fsp3) is 0.0714. The molecule has 0 aromatic heterocycles. The van der Waals surface area contributed by atoms with Gasteiger partial charge in [0.15, 0.2) is 0 Å². The van der Waals surface area contributed by atoms with E-state index in [1.54, 1.807) is 0 Å². The molecule has 0 aliphatic rings. The largest absolute Gasteiger partial charge is 0.435 e. The van der Waals surface area contributed by atoms with Gasteiger partial charge in [0.05, 0.1) is 5.56 Å². The van der Waals surface area contributed by atoms with Gasteiger partial charge in [0, 0.05) is 10.2 Å². The number of anilines is 1. The molecule has 2 aromatic carbocycles. The number of rotatable bonds is 4. The van der Waals surface area contributed by atoms with Crippen LogP contribution in [0.3, 0.4) is 0 Å². The van der Waals surface area contributed by atoms with Gasteiger partial charge in [-0.1, -0.05) is 6.07 Å². The van der Waals surface area contributed by atoms with Crippen molar-refractivity contribution in [2.45, 2.75) is 6.61 Å². The van der Waals surface area contributed by atoms with Gasteiger partial charge in [-0.05, 0) is 52.3 Å². The number of carbonyl (C=O) groups excluding carboxylic acids is 1. The molecule has 0 radical (unpaired) electrons. The summed E-state index contributed by atoms with van der Waals surface area (Å²) in [7, 11) is 0. The molecule has 0 aliphatic carbocycles. The molecule has 0 aliphatic heterocycles. The second kappa shape index (κ2) is 6.62. The lowest BCUT2D eigenvalue weighted by molar-refractivity contribution is -0.0498. The van der Waals surface area contributed by atoms with Gasteiger partial charge in [0.25, 0.3) is 5.91 Å². The molecule has 7 heteroatoms. The lowest BCUT2D eigenvalue weighted by atomic mass is 10.2. The van der Waals surface area contributed by atoms with Crippen LogP contribution < -0.4 is 10.1 Å². The van der Waals surface area contributed by atoms with Gasteiger partial charge in [-0.25, -0.2) is 4.39 Å². The number of hydrogen-bond acceptors (Lipinski definition) is 2. The standard InChI is InChI=1S/C14H9BrF3NO2/c15-10-2-1-3-11(16)12(10)13(20)19-8-4-6-9(7-5-8)21-14(17)18/h1-7,14H,(H,19,20). The minimum absolute atomic E-state index is 0.0323. The van der Waals surface area contributed by atoms with E-state index < -0.39 is 18.3 Å². The zero-order valence-electron chi connectivity index (χ0n) is 10.4. The molecule has 0 bridgehead atoms. The summed E-state index contributed by atoms with van der Waals surface area (Å²) in [6, 6.07) is 9.48. The van der Waals surface area contributed by atoms with E-state index in [4.69, 9.17) is 0 Å². The first-order valence-electron chi connectivity index (χ1n) is 5.77. The average molecular weight is 360 g/mol. The number of benzene rings is 2. The topological polar surface area (TPSA) is 38.3 Å². The molecule has 21 heavy (non-hydrogen) atoms. The van der Waals surface area contributed by atoms with Crippen LogP contribution in [-0.2, 0) is 0 Å². The average Bonchev–Trinajstić information content (AvgIpc) is 2.40. The molecule has 2 aromatic rings. The van der Waals surface area contributed by atoms with Crippen molar-refractivity contribution >= 4 is 27.5 Å². The van der Waals surface area contributed by atoms with E-state index in [1.165, 1.54) is 42.5 Å². The Kier molecular flexibility index (Phi) is 4.85. The van der Waals surface area contributed by atoms with Crippen molar-refractivity contribution < 1.29 is 22.7 Å². The van der Waals surface area contributed by atoms with Gasteiger partial charge in [0.2, 0.25) is 0 Å². The van der Waals surface area contributed by atoms with Crippen LogP contribution in [0, 0.1) is 5.82 Å². The second-order valence-electron chi connectivity index (χ2n) is 3.95. The summed E-state index contributed by atoms with van der Waals surface area (Å²) in [5, 5.41) is 2.47. The number of hydrogen-bond donors (Lipinski definition) is 1. The first-order chi connectivity index (χ1) is 9.97. The first-order valence-corrected chi connectivity index (χ1v) is 6.57. The molecule has 3 nitrogen and oxygen atoms in total. The van der Waals surface area contributed by atoms with Crippen molar-refractivity contribution in [3.63, 3.8) is 0 Å². The molecule has 0 fully saturated rings. The van der Waals surface area contributed by atoms with E-state index in [0.717, 1.165) is 0 Å². The van der Waals surface area contributed by atoms with E-state index in [9.17, 15) is 18.0 Å². The van der Waals surface area contributed by atoms with Crippen LogP contribution in [0.15, 0.2) is 46.9 Å². The molecule has 0 heterocycles. The number of nitrogens with one attached hydrogen (secondary N) is 1. The number of alkyl halides is 2. The summed E-state index contributed by atoms with van der Waals surface area (Å²) < 4.78 is 42.1. The van der Waals surface area contributed by atoms with Gasteiger partial charge in [-0.15, -0.1) is 0 Å². The Bertz CT molecular complexity index is 627. The minimum Gasteiger partial charge on any atom is -0.435 e. The van der Waals surface area contributed by atoms with Crippen LogP contribution in [0.1, 0.15) is 10.4 Å². The van der Waals surface area contributed by atoms with Gasteiger partial charge >= 0.3 is 6.61 Å². The van der Waals surface area contributed by atoms with Crippen LogP contribution in [0.2, 0.25) is 0 Å². The molecule has 0 unspecified atom stereocenters. The summed E-state index contributed by atoms with van der Waals surface area (Å²) in [6.07, 6.45) is 0. The van der Waals surface area contributed by atoms with Crippen molar-refractivity contribution in [2.24, 2.45) is 0 Å². The molecule has 0 saturated heterocycles. The zero-order valence-corrected chi connectivity index (χ0v) is 12.0. The van der Waals surface area contributed by atoms with Gasteiger partial charge in [-0.2, -0.15) is 8.78 Å². The molecule has 110 valence electrons. The van der Waals surface area contributed by atoms with Crippen LogP contribution in [0.5, 0.6) is 5.75 Å². The SMILES string of the molecule is O=C(Nc1ccc(OC(F)F)cc1)c1c(F)cccc1Br. The monoisotopic (exact) mass is 359 g/mol. The van der Waals surface area contributed by atoms with Crippen LogP contribution in [0.4, 0.5) is 18.9 Å². The second-order valence-corrected chi connectivity index (χ2v) is 4.81. The predicted octanol–water partition coefficient (Wildman–Crippen LogP) is 4.44. The molecular formula is C14H9BrF3NO2. The van der Waals surface area contributed by atoms with E-state index >= 15 is 0 Å². The minimum atomic E-state index is -2.92. The molecule has 0 spiro atoms. The fourth-order valence-corrected chi connectivity index (χ4v) is 2.15. The molecule has 2 rings (SSSR count). The number of amides is 1. The number of ether oxygens (including phenoxy) is 1. The third-order valence-corrected chi connectivity index (χ3v) is 3.19. The maximum absolute atomic E-state index is 13.6.